The Morgan fingerprint density at radius 2 is 1.78 bits per heavy atom. The Hall–Kier alpha value is -2.42. The molecule has 2 amide bonds. The van der Waals surface area contributed by atoms with E-state index in [0.717, 1.165) is 15.7 Å². The van der Waals surface area contributed by atoms with Gasteiger partial charge in [0.25, 0.3) is 5.91 Å². The molecule has 3 rings (SSSR count). The van der Waals surface area contributed by atoms with Crippen LogP contribution in [0.15, 0.2) is 58.9 Å². The van der Waals surface area contributed by atoms with E-state index < -0.39 is 0 Å². The number of nitrogens with zero attached hydrogens (tertiary/aromatic N) is 2. The minimum Gasteiger partial charge on any atom is -0.343 e. The normalized spacial score (nSPS) is 10.4. The first kappa shape index (κ1) is 19.3. The van der Waals surface area contributed by atoms with E-state index in [1.807, 2.05) is 30.3 Å². The first-order valence-electron chi connectivity index (χ1n) is 7.94. The van der Waals surface area contributed by atoms with E-state index in [9.17, 15) is 9.59 Å². The van der Waals surface area contributed by atoms with Crippen LogP contribution in [-0.4, -0.2) is 28.6 Å². The number of rotatable bonds is 7. The van der Waals surface area contributed by atoms with Crippen LogP contribution in [0.3, 0.4) is 0 Å². The molecule has 0 atom stereocenters. The van der Waals surface area contributed by atoms with Crippen molar-refractivity contribution in [3.05, 3.63) is 70.7 Å². The Morgan fingerprint density at radius 3 is 2.52 bits per heavy atom. The van der Waals surface area contributed by atoms with Gasteiger partial charge < -0.3 is 5.32 Å². The first-order valence-corrected chi connectivity index (χ1v) is 10.1. The lowest BCUT2D eigenvalue weighted by Crippen LogP contribution is -2.32. The smallest absolute Gasteiger partial charge is 0.251 e. The molecular weight excluding hydrogens is 404 g/mol. The average molecular weight is 419 g/mol. The van der Waals surface area contributed by atoms with Crippen LogP contribution < -0.4 is 10.6 Å². The summed E-state index contributed by atoms with van der Waals surface area (Å²) in [4.78, 5) is 23.9. The molecule has 2 N–H and O–H groups in total. The number of halogens is 1. The van der Waals surface area contributed by atoms with E-state index in [2.05, 4.69) is 20.8 Å². The third-order valence-corrected chi connectivity index (χ3v) is 5.67. The number of amides is 2. The second-order valence-electron chi connectivity index (χ2n) is 5.39. The van der Waals surface area contributed by atoms with Gasteiger partial charge in [-0.15, -0.1) is 10.2 Å². The summed E-state index contributed by atoms with van der Waals surface area (Å²) in [7, 11) is 0. The molecule has 138 valence electrons. The van der Waals surface area contributed by atoms with E-state index in [1.54, 1.807) is 24.3 Å². The molecule has 0 aliphatic carbocycles. The molecular formula is C18H15ClN4O2S2. The average Bonchev–Trinajstić information content (AvgIpc) is 3.13. The number of hydrogen-bond donors (Lipinski definition) is 2. The van der Waals surface area contributed by atoms with Crippen molar-refractivity contribution in [1.82, 2.24) is 15.5 Å². The Morgan fingerprint density at radius 1 is 1.04 bits per heavy atom. The van der Waals surface area contributed by atoms with Crippen molar-refractivity contribution in [1.29, 1.82) is 0 Å². The van der Waals surface area contributed by atoms with E-state index in [0.29, 0.717) is 15.7 Å². The molecule has 9 heteroatoms. The highest BCUT2D eigenvalue weighted by Gasteiger charge is 2.11. The number of carbonyl (C=O) groups excluding carboxylic acids is 2. The summed E-state index contributed by atoms with van der Waals surface area (Å²) in [5.74, 6) is 0.0688. The number of anilines is 1. The van der Waals surface area contributed by atoms with Gasteiger partial charge in [-0.05, 0) is 29.8 Å². The summed E-state index contributed by atoms with van der Waals surface area (Å²) in [6.45, 7) is -0.138. The van der Waals surface area contributed by atoms with E-state index in [1.165, 1.54) is 23.1 Å². The zero-order chi connectivity index (χ0) is 19.1. The lowest BCUT2D eigenvalue weighted by molar-refractivity contribution is -0.115. The highest BCUT2D eigenvalue weighted by atomic mass is 35.5. The van der Waals surface area contributed by atoms with Crippen molar-refractivity contribution in [2.75, 3.05) is 11.9 Å². The summed E-state index contributed by atoms with van der Waals surface area (Å²) in [5.41, 5.74) is 1.62. The number of benzene rings is 2. The summed E-state index contributed by atoms with van der Waals surface area (Å²) < 4.78 is 0.744. The predicted octanol–water partition coefficient (Wildman–Crippen LogP) is 3.85. The van der Waals surface area contributed by atoms with Gasteiger partial charge in [-0.25, -0.2) is 0 Å². The monoisotopic (exact) mass is 418 g/mol. The van der Waals surface area contributed by atoms with Crippen molar-refractivity contribution in [3.8, 4) is 0 Å². The van der Waals surface area contributed by atoms with Crippen LogP contribution in [0.2, 0.25) is 5.02 Å². The molecule has 0 saturated heterocycles. The minimum atomic E-state index is -0.357. The number of aromatic nitrogens is 2. The second kappa shape index (κ2) is 9.50. The second-order valence-corrected chi connectivity index (χ2v) is 8.02. The Balaban J connectivity index is 1.45. The minimum absolute atomic E-state index is 0.138. The van der Waals surface area contributed by atoms with Gasteiger partial charge in [0.1, 0.15) is 0 Å². The van der Waals surface area contributed by atoms with E-state index in [4.69, 9.17) is 11.6 Å². The maximum absolute atomic E-state index is 12.0. The SMILES string of the molecule is O=C(CNC(=O)c1ccccc1)Nc1nnc(SCc2ccc(Cl)cc2)s1. The largest absolute Gasteiger partial charge is 0.343 e. The molecule has 0 aliphatic heterocycles. The highest BCUT2D eigenvalue weighted by molar-refractivity contribution is 8.00. The summed E-state index contributed by atoms with van der Waals surface area (Å²) in [6.07, 6.45) is 0. The van der Waals surface area contributed by atoms with Crippen molar-refractivity contribution in [2.45, 2.75) is 10.1 Å². The molecule has 2 aromatic carbocycles. The van der Waals surface area contributed by atoms with Gasteiger partial charge in [0.15, 0.2) is 4.34 Å². The van der Waals surface area contributed by atoms with E-state index in [-0.39, 0.29) is 18.4 Å². The van der Waals surface area contributed by atoms with Gasteiger partial charge >= 0.3 is 0 Å². The maximum Gasteiger partial charge on any atom is 0.251 e. The van der Waals surface area contributed by atoms with Crippen LogP contribution in [0.5, 0.6) is 0 Å². The highest BCUT2D eigenvalue weighted by Crippen LogP contribution is 2.28. The van der Waals surface area contributed by atoms with Crippen molar-refractivity contribution >= 4 is 51.6 Å². The third kappa shape index (κ3) is 6.06. The van der Waals surface area contributed by atoms with E-state index >= 15 is 0 Å². The topological polar surface area (TPSA) is 84.0 Å². The molecule has 0 aliphatic rings. The zero-order valence-corrected chi connectivity index (χ0v) is 16.4. The Bertz CT molecular complexity index is 917. The van der Waals surface area contributed by atoms with Crippen LogP contribution in [0.25, 0.3) is 0 Å². The summed E-state index contributed by atoms with van der Waals surface area (Å²) in [5, 5.41) is 14.3. The molecule has 6 nitrogen and oxygen atoms in total. The van der Waals surface area contributed by atoms with Gasteiger partial charge in [-0.2, -0.15) is 0 Å². The third-order valence-electron chi connectivity index (χ3n) is 3.37. The van der Waals surface area contributed by atoms with Crippen LogP contribution in [-0.2, 0) is 10.5 Å². The van der Waals surface area contributed by atoms with Gasteiger partial charge in [0, 0.05) is 16.3 Å². The van der Waals surface area contributed by atoms with Crippen LogP contribution in [0, 0.1) is 0 Å². The molecule has 3 aromatic rings. The molecule has 0 radical (unpaired) electrons. The number of carbonyl (C=O) groups is 2. The van der Waals surface area contributed by atoms with Crippen LogP contribution in [0.1, 0.15) is 15.9 Å². The molecule has 0 bridgehead atoms. The molecule has 0 saturated carbocycles. The van der Waals surface area contributed by atoms with Gasteiger partial charge in [0.05, 0.1) is 6.54 Å². The van der Waals surface area contributed by atoms with Crippen LogP contribution in [0.4, 0.5) is 5.13 Å². The Labute approximate surface area is 169 Å². The number of nitrogens with one attached hydrogen (secondary N) is 2. The lowest BCUT2D eigenvalue weighted by Gasteiger charge is -2.04. The van der Waals surface area contributed by atoms with Crippen molar-refractivity contribution < 1.29 is 9.59 Å². The zero-order valence-electron chi connectivity index (χ0n) is 14.0. The first-order chi connectivity index (χ1) is 13.1. The van der Waals surface area contributed by atoms with Crippen molar-refractivity contribution in [3.63, 3.8) is 0 Å². The fourth-order valence-electron chi connectivity index (χ4n) is 2.06. The molecule has 0 fully saturated rings. The van der Waals surface area contributed by atoms with Gasteiger partial charge in [-0.3, -0.25) is 14.9 Å². The number of thioether (sulfide) groups is 1. The number of hydrogen-bond acceptors (Lipinski definition) is 6. The fourth-order valence-corrected chi connectivity index (χ4v) is 3.91. The van der Waals surface area contributed by atoms with Gasteiger partial charge in [0.2, 0.25) is 11.0 Å². The van der Waals surface area contributed by atoms with Crippen molar-refractivity contribution in [2.24, 2.45) is 0 Å². The molecule has 0 spiro atoms. The molecule has 0 unspecified atom stereocenters. The molecule has 1 aromatic heterocycles. The quantitative estimate of drug-likeness (QED) is 0.449. The molecule has 27 heavy (non-hydrogen) atoms. The standard InChI is InChI=1S/C18H15ClN4O2S2/c19-14-8-6-12(7-9-14)11-26-18-23-22-17(27-18)21-15(24)10-20-16(25)13-4-2-1-3-5-13/h1-9H,10-11H2,(H,20,25)(H,21,22,24). The lowest BCUT2D eigenvalue weighted by atomic mass is 10.2. The van der Waals surface area contributed by atoms with Gasteiger partial charge in [-0.1, -0.05) is 65.0 Å². The Kier molecular flexibility index (Phi) is 6.80. The predicted molar refractivity (Wildman–Crippen MR) is 108 cm³/mol. The summed E-state index contributed by atoms with van der Waals surface area (Å²) >= 11 is 8.67. The maximum atomic E-state index is 12.0. The molecule has 1 heterocycles. The summed E-state index contributed by atoms with van der Waals surface area (Å²) in [6, 6.07) is 16.3. The fraction of sp³-hybridized carbons (Fsp3) is 0.111. The van der Waals surface area contributed by atoms with Crippen LogP contribution >= 0.6 is 34.7 Å².